The Morgan fingerprint density at radius 3 is 2.53 bits per heavy atom. The molecule has 1 aromatic carbocycles. The summed E-state index contributed by atoms with van der Waals surface area (Å²) in [4.78, 5) is 2.32. The second-order valence-corrected chi connectivity index (χ2v) is 4.47. The molecule has 1 aliphatic rings. The smallest absolute Gasteiger partial charge is 0.0303 e. The van der Waals surface area contributed by atoms with Crippen molar-refractivity contribution in [2.24, 2.45) is 0 Å². The van der Waals surface area contributed by atoms with Crippen LogP contribution in [-0.2, 0) is 0 Å². The highest BCUT2D eigenvalue weighted by Crippen LogP contribution is 2.09. The molecule has 0 spiro atoms. The second kappa shape index (κ2) is 5.69. The molecule has 0 aromatic heterocycles. The lowest BCUT2D eigenvalue weighted by molar-refractivity contribution is 0.308. The number of benzene rings is 1. The molecule has 0 radical (unpaired) electrons. The Hall–Kier alpha value is -1.54. The van der Waals surface area contributed by atoms with E-state index in [1.165, 1.54) is 11.1 Å². The second-order valence-electron chi connectivity index (χ2n) is 4.47. The fraction of sp³-hybridized carbons (Fsp3) is 0.333. The summed E-state index contributed by atoms with van der Waals surface area (Å²) in [6, 6.07) is 8.54. The molecule has 1 heterocycles. The Kier molecular flexibility index (Phi) is 3.99. The minimum absolute atomic E-state index is 1.05. The number of aryl methyl sites for hydroxylation is 1. The Bertz CT molecular complexity index is 397. The Morgan fingerprint density at radius 1 is 1.24 bits per heavy atom. The van der Waals surface area contributed by atoms with Crippen molar-refractivity contribution in [3.8, 4) is 0 Å². The summed E-state index contributed by atoms with van der Waals surface area (Å²) in [7, 11) is 0. The van der Waals surface area contributed by atoms with Gasteiger partial charge in [-0.05, 0) is 18.6 Å². The van der Waals surface area contributed by atoms with Crippen LogP contribution in [0.2, 0.25) is 0 Å². The molecule has 1 N–H and O–H groups in total. The fourth-order valence-corrected chi connectivity index (χ4v) is 1.93. The van der Waals surface area contributed by atoms with Crippen LogP contribution in [0.3, 0.4) is 0 Å². The summed E-state index contributed by atoms with van der Waals surface area (Å²) in [6.07, 6.45) is 4.24. The molecule has 0 saturated carbocycles. The van der Waals surface area contributed by atoms with Gasteiger partial charge in [-0.3, -0.25) is 0 Å². The molecule has 0 aliphatic carbocycles. The van der Waals surface area contributed by atoms with Crippen molar-refractivity contribution in [3.63, 3.8) is 0 Å². The van der Waals surface area contributed by atoms with Crippen LogP contribution >= 0.6 is 0 Å². The standard InChI is InChI=1S/C15H20N2/c1-13-3-6-15(7-4-13)8-5-14(2)17-11-9-16-10-12-17/h3-8,16H,2,9-12H2,1H3/b8-5+. The first-order valence-corrected chi connectivity index (χ1v) is 6.15. The highest BCUT2D eigenvalue weighted by atomic mass is 15.2. The van der Waals surface area contributed by atoms with Gasteiger partial charge in [0.05, 0.1) is 0 Å². The molecule has 2 nitrogen and oxygen atoms in total. The van der Waals surface area contributed by atoms with E-state index in [1.54, 1.807) is 0 Å². The zero-order chi connectivity index (χ0) is 12.1. The molecule has 0 bridgehead atoms. The highest BCUT2D eigenvalue weighted by Gasteiger charge is 2.08. The topological polar surface area (TPSA) is 15.3 Å². The number of hydrogen-bond donors (Lipinski definition) is 1. The Labute approximate surface area is 104 Å². The monoisotopic (exact) mass is 228 g/mol. The zero-order valence-electron chi connectivity index (χ0n) is 10.4. The molecule has 0 atom stereocenters. The molecule has 0 amide bonds. The van der Waals surface area contributed by atoms with Gasteiger partial charge >= 0.3 is 0 Å². The van der Waals surface area contributed by atoms with Crippen molar-refractivity contribution in [1.29, 1.82) is 0 Å². The summed E-state index contributed by atoms with van der Waals surface area (Å²) >= 11 is 0. The van der Waals surface area contributed by atoms with Crippen molar-refractivity contribution in [1.82, 2.24) is 10.2 Å². The summed E-state index contributed by atoms with van der Waals surface area (Å²) in [5, 5.41) is 3.34. The third-order valence-corrected chi connectivity index (χ3v) is 3.07. The van der Waals surface area contributed by atoms with Crippen LogP contribution in [0.1, 0.15) is 11.1 Å². The van der Waals surface area contributed by atoms with E-state index < -0.39 is 0 Å². The predicted molar refractivity (Wildman–Crippen MR) is 73.8 cm³/mol. The number of nitrogens with zero attached hydrogens (tertiary/aromatic N) is 1. The lowest BCUT2D eigenvalue weighted by Gasteiger charge is -2.29. The lowest BCUT2D eigenvalue weighted by Crippen LogP contribution is -2.42. The van der Waals surface area contributed by atoms with Gasteiger partial charge in [0.15, 0.2) is 0 Å². The van der Waals surface area contributed by atoms with Crippen LogP contribution < -0.4 is 5.32 Å². The van der Waals surface area contributed by atoms with Crippen molar-refractivity contribution < 1.29 is 0 Å². The maximum atomic E-state index is 4.12. The lowest BCUT2D eigenvalue weighted by atomic mass is 10.1. The average molecular weight is 228 g/mol. The van der Waals surface area contributed by atoms with Crippen LogP contribution in [0, 0.1) is 6.92 Å². The van der Waals surface area contributed by atoms with E-state index >= 15 is 0 Å². The van der Waals surface area contributed by atoms with Crippen LogP contribution in [0.5, 0.6) is 0 Å². The van der Waals surface area contributed by atoms with E-state index in [1.807, 2.05) is 0 Å². The van der Waals surface area contributed by atoms with E-state index in [-0.39, 0.29) is 0 Å². The van der Waals surface area contributed by atoms with Crippen LogP contribution in [0.25, 0.3) is 6.08 Å². The number of allylic oxidation sites excluding steroid dienone is 1. The highest BCUT2D eigenvalue weighted by molar-refractivity contribution is 5.52. The summed E-state index contributed by atoms with van der Waals surface area (Å²) < 4.78 is 0. The van der Waals surface area contributed by atoms with Crippen molar-refractivity contribution in [2.75, 3.05) is 26.2 Å². The molecule has 2 rings (SSSR count). The summed E-state index contributed by atoms with van der Waals surface area (Å²) in [5.74, 6) is 0. The average Bonchev–Trinajstić information content (AvgIpc) is 2.39. The largest absolute Gasteiger partial charge is 0.369 e. The normalized spacial score (nSPS) is 16.4. The van der Waals surface area contributed by atoms with Gasteiger partial charge in [-0.25, -0.2) is 0 Å². The van der Waals surface area contributed by atoms with E-state index in [9.17, 15) is 0 Å². The maximum Gasteiger partial charge on any atom is 0.0303 e. The van der Waals surface area contributed by atoms with Crippen LogP contribution in [0.4, 0.5) is 0 Å². The minimum atomic E-state index is 1.05. The molecule has 17 heavy (non-hydrogen) atoms. The summed E-state index contributed by atoms with van der Waals surface area (Å²) in [5.41, 5.74) is 3.63. The third-order valence-electron chi connectivity index (χ3n) is 3.07. The predicted octanol–water partition coefficient (Wildman–Crippen LogP) is 2.43. The van der Waals surface area contributed by atoms with Gasteiger partial charge < -0.3 is 10.2 Å². The van der Waals surface area contributed by atoms with Crippen LogP contribution in [-0.4, -0.2) is 31.1 Å². The molecule has 0 unspecified atom stereocenters. The van der Waals surface area contributed by atoms with Crippen LogP contribution in [0.15, 0.2) is 42.6 Å². The summed E-state index contributed by atoms with van der Waals surface area (Å²) in [6.45, 7) is 10.4. The van der Waals surface area contributed by atoms with Gasteiger partial charge in [0.25, 0.3) is 0 Å². The zero-order valence-corrected chi connectivity index (χ0v) is 10.4. The Morgan fingerprint density at radius 2 is 1.88 bits per heavy atom. The van der Waals surface area contributed by atoms with E-state index in [0.29, 0.717) is 0 Å². The van der Waals surface area contributed by atoms with E-state index in [4.69, 9.17) is 0 Å². The molecule has 1 fully saturated rings. The number of nitrogens with one attached hydrogen (secondary N) is 1. The van der Waals surface area contributed by atoms with E-state index in [2.05, 4.69) is 60.1 Å². The number of rotatable bonds is 3. The molecule has 1 saturated heterocycles. The molecule has 1 aliphatic heterocycles. The molecular formula is C15H20N2. The van der Waals surface area contributed by atoms with Crippen molar-refractivity contribution in [3.05, 3.63) is 53.7 Å². The molecular weight excluding hydrogens is 208 g/mol. The van der Waals surface area contributed by atoms with Gasteiger partial charge in [0.1, 0.15) is 0 Å². The quantitative estimate of drug-likeness (QED) is 0.799. The molecule has 1 aromatic rings. The van der Waals surface area contributed by atoms with Gasteiger partial charge in [-0.2, -0.15) is 0 Å². The molecule has 2 heteroatoms. The van der Waals surface area contributed by atoms with Crippen molar-refractivity contribution in [2.45, 2.75) is 6.92 Å². The maximum absolute atomic E-state index is 4.12. The SMILES string of the molecule is C=C(/C=C/c1ccc(C)cc1)N1CCNCC1. The van der Waals surface area contributed by atoms with Gasteiger partial charge in [0.2, 0.25) is 0 Å². The fourth-order valence-electron chi connectivity index (χ4n) is 1.93. The van der Waals surface area contributed by atoms with Gasteiger partial charge in [-0.1, -0.05) is 42.5 Å². The van der Waals surface area contributed by atoms with Gasteiger partial charge in [-0.15, -0.1) is 0 Å². The number of piperazine rings is 1. The first-order valence-electron chi connectivity index (χ1n) is 6.15. The van der Waals surface area contributed by atoms with Gasteiger partial charge in [0, 0.05) is 31.9 Å². The van der Waals surface area contributed by atoms with E-state index in [0.717, 1.165) is 31.9 Å². The third kappa shape index (κ3) is 3.46. The Balaban J connectivity index is 1.95. The first-order chi connectivity index (χ1) is 8.25. The minimum Gasteiger partial charge on any atom is -0.369 e. The first kappa shape index (κ1) is 11.9. The molecule has 90 valence electrons. The van der Waals surface area contributed by atoms with Crippen molar-refractivity contribution >= 4 is 6.08 Å². The number of hydrogen-bond acceptors (Lipinski definition) is 2.